The monoisotopic (exact) mass is 395 g/mol. The van der Waals surface area contributed by atoms with Gasteiger partial charge in [0.05, 0.1) is 16.6 Å². The second kappa shape index (κ2) is 6.63. The van der Waals surface area contributed by atoms with E-state index < -0.39 is 11.5 Å². The van der Waals surface area contributed by atoms with Crippen LogP contribution in [0.4, 0.5) is 5.69 Å². The smallest absolute Gasteiger partial charge is 0.344 e. The summed E-state index contributed by atoms with van der Waals surface area (Å²) in [5.41, 5.74) is 0.511. The minimum atomic E-state index is -0.689. The Kier molecular flexibility index (Phi) is 3.93. The lowest BCUT2D eigenvalue weighted by atomic mass is 9.83. The third kappa shape index (κ3) is 2.66. The summed E-state index contributed by atoms with van der Waals surface area (Å²) in [5, 5.41) is 3.54. The number of fused-ring (bicyclic) bond motifs is 3. The first-order chi connectivity index (χ1) is 14.5. The van der Waals surface area contributed by atoms with E-state index in [2.05, 4.69) is 5.32 Å². The molecule has 0 saturated carbocycles. The van der Waals surface area contributed by atoms with Crippen LogP contribution in [0.2, 0.25) is 0 Å². The second-order valence-electron chi connectivity index (χ2n) is 6.87. The quantitative estimate of drug-likeness (QED) is 0.490. The average molecular weight is 395 g/mol. The lowest BCUT2D eigenvalue weighted by Gasteiger charge is -2.20. The van der Waals surface area contributed by atoms with E-state index in [1.54, 1.807) is 60.7 Å². The summed E-state index contributed by atoms with van der Waals surface area (Å²) in [7, 11) is 0. The van der Waals surface area contributed by atoms with Crippen molar-refractivity contribution in [3.05, 3.63) is 111 Å². The minimum Gasteiger partial charge on any atom is -0.417 e. The molecule has 0 unspecified atom stereocenters. The van der Waals surface area contributed by atoms with Gasteiger partial charge in [-0.25, -0.2) is 4.79 Å². The molecular weight excluding hydrogens is 382 g/mol. The molecule has 1 aliphatic carbocycles. The minimum absolute atomic E-state index is 0.123. The van der Waals surface area contributed by atoms with Crippen molar-refractivity contribution >= 4 is 33.9 Å². The van der Waals surface area contributed by atoms with Crippen LogP contribution in [-0.2, 0) is 0 Å². The number of carbonyl (C=O) groups excluding carboxylic acids is 3. The molecule has 1 aromatic heterocycles. The lowest BCUT2D eigenvalue weighted by Crippen LogP contribution is -2.24. The zero-order valence-electron chi connectivity index (χ0n) is 15.5. The molecule has 1 aliphatic rings. The van der Waals surface area contributed by atoms with Gasteiger partial charge >= 0.3 is 5.63 Å². The number of nitrogens with one attached hydrogen (secondary N) is 1. The maximum Gasteiger partial charge on any atom is 0.344 e. The maximum absolute atomic E-state index is 13.0. The van der Waals surface area contributed by atoms with Crippen LogP contribution >= 0.6 is 0 Å². The van der Waals surface area contributed by atoms with Crippen molar-refractivity contribution in [2.24, 2.45) is 0 Å². The van der Waals surface area contributed by atoms with E-state index in [9.17, 15) is 19.2 Å². The van der Waals surface area contributed by atoms with Crippen LogP contribution in [0.5, 0.6) is 0 Å². The molecule has 0 spiro atoms. The Morgan fingerprint density at radius 2 is 1.40 bits per heavy atom. The molecule has 0 fully saturated rings. The van der Waals surface area contributed by atoms with Crippen LogP contribution in [0.25, 0.3) is 10.8 Å². The van der Waals surface area contributed by atoms with E-state index in [-0.39, 0.29) is 39.7 Å². The maximum atomic E-state index is 13.0. The van der Waals surface area contributed by atoms with Crippen LogP contribution in [0.1, 0.15) is 42.4 Å². The molecule has 1 N–H and O–H groups in total. The highest BCUT2D eigenvalue weighted by Gasteiger charge is 2.31. The molecule has 144 valence electrons. The molecule has 5 rings (SSSR count). The number of carbonyl (C=O) groups is 3. The number of anilines is 1. The van der Waals surface area contributed by atoms with Gasteiger partial charge in [0.2, 0.25) is 0 Å². The van der Waals surface area contributed by atoms with Gasteiger partial charge in [-0.1, -0.05) is 54.6 Å². The molecule has 3 aromatic carbocycles. The Bertz CT molecular complexity index is 1450. The van der Waals surface area contributed by atoms with Gasteiger partial charge in [-0.05, 0) is 23.6 Å². The number of rotatable bonds is 2. The van der Waals surface area contributed by atoms with Crippen LogP contribution in [0.3, 0.4) is 0 Å². The van der Waals surface area contributed by atoms with Crippen molar-refractivity contribution in [1.29, 1.82) is 0 Å². The predicted molar refractivity (Wildman–Crippen MR) is 110 cm³/mol. The van der Waals surface area contributed by atoms with Crippen molar-refractivity contribution in [1.82, 2.24) is 0 Å². The molecule has 0 radical (unpaired) electrons. The van der Waals surface area contributed by atoms with Gasteiger partial charge < -0.3 is 9.73 Å². The predicted octanol–water partition coefficient (Wildman–Crippen LogP) is 3.82. The standard InChI is InChI=1S/C24H13NO5/c26-21-15-8-3-4-9-16(15)22(27)20-17(21)10-5-11-18(20)25-23(28)19-12-13-6-1-2-7-14(13)24(29)30-19/h1-12H,(H,25,28). The number of amides is 1. The van der Waals surface area contributed by atoms with E-state index in [1.807, 2.05) is 0 Å². The number of hydrogen-bond donors (Lipinski definition) is 1. The third-order valence-electron chi connectivity index (χ3n) is 5.09. The zero-order valence-corrected chi connectivity index (χ0v) is 15.5. The zero-order chi connectivity index (χ0) is 20.8. The van der Waals surface area contributed by atoms with Gasteiger partial charge in [0.15, 0.2) is 17.3 Å². The Morgan fingerprint density at radius 1 is 0.733 bits per heavy atom. The first-order valence-corrected chi connectivity index (χ1v) is 9.20. The van der Waals surface area contributed by atoms with Crippen molar-refractivity contribution in [2.75, 3.05) is 5.32 Å². The molecule has 6 heteroatoms. The molecule has 0 aliphatic heterocycles. The molecule has 0 bridgehead atoms. The normalized spacial score (nSPS) is 12.4. The van der Waals surface area contributed by atoms with Gasteiger partial charge in [-0.15, -0.1) is 0 Å². The average Bonchev–Trinajstić information content (AvgIpc) is 2.77. The molecule has 30 heavy (non-hydrogen) atoms. The summed E-state index contributed by atoms with van der Waals surface area (Å²) in [6.07, 6.45) is 0. The van der Waals surface area contributed by atoms with Gasteiger partial charge in [0.1, 0.15) is 0 Å². The lowest BCUT2D eigenvalue weighted by molar-refractivity contribution is 0.0976. The summed E-state index contributed by atoms with van der Waals surface area (Å²) >= 11 is 0. The van der Waals surface area contributed by atoms with E-state index in [1.165, 1.54) is 12.1 Å². The van der Waals surface area contributed by atoms with E-state index in [0.717, 1.165) is 0 Å². The number of hydrogen-bond acceptors (Lipinski definition) is 5. The summed E-state index contributed by atoms with van der Waals surface area (Å²) in [5.74, 6) is -1.51. The molecular formula is C24H13NO5. The van der Waals surface area contributed by atoms with Crippen molar-refractivity contribution in [3.8, 4) is 0 Å². The molecule has 1 heterocycles. The Morgan fingerprint density at radius 3 is 2.20 bits per heavy atom. The number of ketones is 2. The van der Waals surface area contributed by atoms with Gasteiger partial charge in [0.25, 0.3) is 5.91 Å². The summed E-state index contributed by atoms with van der Waals surface area (Å²) in [6.45, 7) is 0. The second-order valence-corrected chi connectivity index (χ2v) is 6.87. The number of benzene rings is 3. The topological polar surface area (TPSA) is 93.5 Å². The van der Waals surface area contributed by atoms with Gasteiger partial charge in [-0.2, -0.15) is 0 Å². The van der Waals surface area contributed by atoms with Crippen LogP contribution in [-0.4, -0.2) is 17.5 Å². The van der Waals surface area contributed by atoms with E-state index in [0.29, 0.717) is 16.3 Å². The van der Waals surface area contributed by atoms with E-state index in [4.69, 9.17) is 4.42 Å². The molecule has 1 amide bonds. The Balaban J connectivity index is 1.57. The highest BCUT2D eigenvalue weighted by molar-refractivity contribution is 6.30. The summed E-state index contributed by atoms with van der Waals surface area (Å²) in [6, 6.07) is 19.5. The van der Waals surface area contributed by atoms with Crippen LogP contribution in [0.15, 0.2) is 82.0 Å². The first kappa shape index (κ1) is 17.8. The largest absolute Gasteiger partial charge is 0.417 e. The highest BCUT2D eigenvalue weighted by Crippen LogP contribution is 2.32. The summed E-state index contributed by atoms with van der Waals surface area (Å²) < 4.78 is 5.15. The van der Waals surface area contributed by atoms with Crippen molar-refractivity contribution < 1.29 is 18.8 Å². The molecule has 6 nitrogen and oxygen atoms in total. The fraction of sp³-hybridized carbons (Fsp3) is 0. The van der Waals surface area contributed by atoms with Crippen LogP contribution < -0.4 is 10.9 Å². The molecule has 0 atom stereocenters. The molecule has 0 saturated heterocycles. The highest BCUT2D eigenvalue weighted by atomic mass is 16.4. The Labute approximate surface area is 169 Å². The van der Waals surface area contributed by atoms with Crippen molar-refractivity contribution in [2.45, 2.75) is 0 Å². The van der Waals surface area contributed by atoms with Gasteiger partial charge in [-0.3, -0.25) is 14.4 Å². The van der Waals surface area contributed by atoms with Gasteiger partial charge in [0, 0.05) is 16.7 Å². The van der Waals surface area contributed by atoms with Crippen molar-refractivity contribution in [3.63, 3.8) is 0 Å². The van der Waals surface area contributed by atoms with E-state index >= 15 is 0 Å². The SMILES string of the molecule is O=C(Nc1cccc2c1C(=O)c1ccccc1C2=O)c1cc2ccccc2c(=O)o1. The summed E-state index contributed by atoms with van der Waals surface area (Å²) in [4.78, 5) is 50.8. The molecule has 4 aromatic rings. The van der Waals surface area contributed by atoms with Crippen LogP contribution in [0, 0.1) is 0 Å². The first-order valence-electron chi connectivity index (χ1n) is 9.20. The third-order valence-corrected chi connectivity index (χ3v) is 5.09. The fourth-order valence-electron chi connectivity index (χ4n) is 3.68. The Hall–Kier alpha value is -4.32. The fourth-order valence-corrected chi connectivity index (χ4v) is 3.68.